The van der Waals surface area contributed by atoms with Crippen molar-refractivity contribution in [1.29, 1.82) is 0 Å². The van der Waals surface area contributed by atoms with E-state index in [1.807, 2.05) is 18.2 Å². The molecule has 1 heterocycles. The Balaban J connectivity index is 1.46. The highest BCUT2D eigenvalue weighted by molar-refractivity contribution is 5.76. The van der Waals surface area contributed by atoms with Crippen LogP contribution in [0.2, 0.25) is 0 Å². The fourth-order valence-corrected chi connectivity index (χ4v) is 4.17. The first kappa shape index (κ1) is 20.6. The molecule has 2 aromatic carbocycles. The zero-order valence-corrected chi connectivity index (χ0v) is 16.9. The molecule has 1 fully saturated rings. The van der Waals surface area contributed by atoms with Gasteiger partial charge in [-0.15, -0.1) is 0 Å². The van der Waals surface area contributed by atoms with E-state index in [0.29, 0.717) is 18.4 Å². The van der Waals surface area contributed by atoms with Crippen molar-refractivity contribution in [2.24, 2.45) is 5.92 Å². The Morgan fingerprint density at radius 3 is 2.29 bits per heavy atom. The third kappa shape index (κ3) is 7.12. The minimum atomic E-state index is 0.197. The molecule has 0 spiro atoms. The second-order valence-corrected chi connectivity index (χ2v) is 8.00. The molecule has 2 aromatic rings. The lowest BCUT2D eigenvalue weighted by molar-refractivity contribution is -0.122. The molecule has 150 valence electrons. The van der Waals surface area contributed by atoms with E-state index in [4.69, 9.17) is 0 Å². The Hall–Kier alpha value is -2.13. The molecule has 0 aromatic heterocycles. The van der Waals surface area contributed by atoms with Gasteiger partial charge in [-0.2, -0.15) is 0 Å². The first-order chi connectivity index (χ1) is 13.8. The van der Waals surface area contributed by atoms with Gasteiger partial charge in [0, 0.05) is 12.5 Å². The Bertz CT molecular complexity index is 680. The van der Waals surface area contributed by atoms with Gasteiger partial charge in [0.25, 0.3) is 0 Å². The van der Waals surface area contributed by atoms with E-state index in [9.17, 15) is 4.79 Å². The van der Waals surface area contributed by atoms with Gasteiger partial charge in [-0.25, -0.2) is 0 Å². The fraction of sp³-hybridized carbons (Fsp3) is 0.480. The molecule has 28 heavy (non-hydrogen) atoms. The first-order valence-electron chi connectivity index (χ1n) is 10.9. The lowest BCUT2D eigenvalue weighted by Crippen LogP contribution is -2.46. The molecule has 0 aliphatic carbocycles. The maximum Gasteiger partial charge on any atom is 0.220 e. The molecule has 1 aliphatic heterocycles. The van der Waals surface area contributed by atoms with Gasteiger partial charge in [-0.05, 0) is 68.7 Å². The van der Waals surface area contributed by atoms with Gasteiger partial charge >= 0.3 is 0 Å². The molecule has 1 saturated heterocycles. The summed E-state index contributed by atoms with van der Waals surface area (Å²) in [6, 6.07) is 21.3. The lowest BCUT2D eigenvalue weighted by Gasteiger charge is -2.31. The third-order valence-corrected chi connectivity index (χ3v) is 5.81. The van der Waals surface area contributed by atoms with E-state index in [0.717, 1.165) is 38.8 Å². The minimum Gasteiger partial charge on any atom is -0.353 e. The van der Waals surface area contributed by atoms with Crippen molar-refractivity contribution in [2.45, 2.75) is 57.4 Å². The molecule has 1 amide bonds. The number of nitrogens with one attached hydrogen (secondary N) is 2. The topological polar surface area (TPSA) is 41.1 Å². The monoisotopic (exact) mass is 378 g/mol. The summed E-state index contributed by atoms with van der Waals surface area (Å²) in [4.78, 5) is 12.6. The minimum absolute atomic E-state index is 0.197. The summed E-state index contributed by atoms with van der Waals surface area (Å²) >= 11 is 0. The maximum atomic E-state index is 12.6. The lowest BCUT2D eigenvalue weighted by atomic mass is 9.88. The van der Waals surface area contributed by atoms with E-state index in [1.165, 1.54) is 30.4 Å². The van der Waals surface area contributed by atoms with Crippen molar-refractivity contribution in [1.82, 2.24) is 10.6 Å². The van der Waals surface area contributed by atoms with Crippen molar-refractivity contribution < 1.29 is 4.79 Å². The van der Waals surface area contributed by atoms with Crippen LogP contribution in [-0.4, -0.2) is 25.0 Å². The van der Waals surface area contributed by atoms with E-state index in [-0.39, 0.29) is 5.91 Å². The maximum absolute atomic E-state index is 12.6. The number of piperidine rings is 1. The number of unbranched alkanes of at least 4 members (excludes halogenated alkanes) is 1. The van der Waals surface area contributed by atoms with Crippen molar-refractivity contribution in [3.63, 3.8) is 0 Å². The van der Waals surface area contributed by atoms with Gasteiger partial charge in [0.1, 0.15) is 0 Å². The number of hydrogen-bond acceptors (Lipinski definition) is 2. The molecule has 0 radical (unpaired) electrons. The Labute approximate surface area is 169 Å². The van der Waals surface area contributed by atoms with E-state index >= 15 is 0 Å². The van der Waals surface area contributed by atoms with Crippen molar-refractivity contribution >= 4 is 5.91 Å². The predicted octanol–water partition coefficient (Wildman–Crippen LogP) is 4.52. The number of amides is 1. The predicted molar refractivity (Wildman–Crippen MR) is 116 cm³/mol. The van der Waals surface area contributed by atoms with Crippen LogP contribution in [0, 0.1) is 5.92 Å². The summed E-state index contributed by atoms with van der Waals surface area (Å²) in [7, 11) is 0. The molecule has 2 atom stereocenters. The van der Waals surface area contributed by atoms with Crippen molar-refractivity contribution in [3.8, 4) is 0 Å². The van der Waals surface area contributed by atoms with Gasteiger partial charge in [0.15, 0.2) is 0 Å². The van der Waals surface area contributed by atoms with E-state index in [2.05, 4.69) is 53.1 Å². The SMILES string of the molecule is O=C(CCc1ccccc1)NC(CCCCc1ccccc1)C1CCCNC1. The summed E-state index contributed by atoms with van der Waals surface area (Å²) in [5, 5.41) is 6.89. The largest absolute Gasteiger partial charge is 0.353 e. The zero-order chi connectivity index (χ0) is 19.4. The van der Waals surface area contributed by atoms with Gasteiger partial charge in [0.05, 0.1) is 0 Å². The van der Waals surface area contributed by atoms with E-state index < -0.39 is 0 Å². The smallest absolute Gasteiger partial charge is 0.220 e. The molecule has 3 heteroatoms. The number of aryl methyl sites for hydroxylation is 2. The van der Waals surface area contributed by atoms with Crippen LogP contribution in [0.5, 0.6) is 0 Å². The summed E-state index contributed by atoms with van der Waals surface area (Å²) in [5.74, 6) is 0.758. The highest BCUT2D eigenvalue weighted by Crippen LogP contribution is 2.20. The molecule has 0 saturated carbocycles. The summed E-state index contributed by atoms with van der Waals surface area (Å²) < 4.78 is 0. The molecule has 0 bridgehead atoms. The highest BCUT2D eigenvalue weighted by atomic mass is 16.1. The molecule has 1 aliphatic rings. The standard InChI is InChI=1S/C25H34N2O/c28-25(18-17-22-12-5-2-6-13-22)27-24(23-15-9-19-26-20-23)16-8-7-14-21-10-3-1-4-11-21/h1-6,10-13,23-24,26H,7-9,14-20H2,(H,27,28). The van der Waals surface area contributed by atoms with Gasteiger partial charge < -0.3 is 10.6 Å². The third-order valence-electron chi connectivity index (χ3n) is 5.81. The first-order valence-corrected chi connectivity index (χ1v) is 10.9. The molecule has 2 unspecified atom stereocenters. The average Bonchev–Trinajstić information content (AvgIpc) is 2.76. The van der Waals surface area contributed by atoms with Crippen LogP contribution in [-0.2, 0) is 17.6 Å². The Kier molecular flexibility index (Phi) is 8.57. The van der Waals surface area contributed by atoms with Crippen LogP contribution < -0.4 is 10.6 Å². The molecule has 2 N–H and O–H groups in total. The van der Waals surface area contributed by atoms with Crippen LogP contribution in [0.4, 0.5) is 0 Å². The fourth-order valence-electron chi connectivity index (χ4n) is 4.17. The normalized spacial score (nSPS) is 17.8. The second-order valence-electron chi connectivity index (χ2n) is 8.00. The molecule has 3 nitrogen and oxygen atoms in total. The number of benzene rings is 2. The molecule has 3 rings (SSSR count). The second kappa shape index (κ2) is 11.7. The quantitative estimate of drug-likeness (QED) is 0.597. The number of rotatable bonds is 10. The number of carbonyl (C=O) groups is 1. The van der Waals surface area contributed by atoms with E-state index in [1.54, 1.807) is 0 Å². The number of carbonyl (C=O) groups excluding carboxylic acids is 1. The molecular weight excluding hydrogens is 344 g/mol. The Morgan fingerprint density at radius 2 is 1.64 bits per heavy atom. The number of hydrogen-bond donors (Lipinski definition) is 2. The summed E-state index contributed by atoms with van der Waals surface area (Å²) in [6.07, 6.45) is 8.37. The zero-order valence-electron chi connectivity index (χ0n) is 16.9. The summed E-state index contributed by atoms with van der Waals surface area (Å²) in [5.41, 5.74) is 2.64. The van der Waals surface area contributed by atoms with Crippen LogP contribution in [0.25, 0.3) is 0 Å². The van der Waals surface area contributed by atoms with Crippen LogP contribution in [0.15, 0.2) is 60.7 Å². The van der Waals surface area contributed by atoms with Crippen LogP contribution in [0.1, 0.15) is 49.7 Å². The average molecular weight is 379 g/mol. The molecular formula is C25H34N2O. The van der Waals surface area contributed by atoms with Crippen molar-refractivity contribution in [2.75, 3.05) is 13.1 Å². The van der Waals surface area contributed by atoms with Crippen LogP contribution in [0.3, 0.4) is 0 Å². The highest BCUT2D eigenvalue weighted by Gasteiger charge is 2.24. The summed E-state index contributed by atoms with van der Waals surface area (Å²) in [6.45, 7) is 2.14. The van der Waals surface area contributed by atoms with Gasteiger partial charge in [-0.3, -0.25) is 4.79 Å². The van der Waals surface area contributed by atoms with Crippen molar-refractivity contribution in [3.05, 3.63) is 71.8 Å². The van der Waals surface area contributed by atoms with Gasteiger partial charge in [-0.1, -0.05) is 67.1 Å². The van der Waals surface area contributed by atoms with Gasteiger partial charge in [0.2, 0.25) is 5.91 Å². The van der Waals surface area contributed by atoms with Crippen LogP contribution >= 0.6 is 0 Å². The Morgan fingerprint density at radius 1 is 0.964 bits per heavy atom.